The van der Waals surface area contributed by atoms with E-state index in [2.05, 4.69) is 23.9 Å². The molecule has 0 radical (unpaired) electrons. The molecule has 21 heavy (non-hydrogen) atoms. The van der Waals surface area contributed by atoms with Gasteiger partial charge in [0.1, 0.15) is 0 Å². The Bertz CT molecular complexity index is 665. The number of thiophene rings is 1. The van der Waals surface area contributed by atoms with E-state index in [0.29, 0.717) is 24.0 Å². The Kier molecular flexibility index (Phi) is 5.52. The maximum absolute atomic E-state index is 12.3. The average molecular weight is 324 g/mol. The summed E-state index contributed by atoms with van der Waals surface area (Å²) < 4.78 is 27.2. The van der Waals surface area contributed by atoms with Gasteiger partial charge in [-0.15, -0.1) is 11.3 Å². The number of sulfonamides is 1. The third kappa shape index (κ3) is 4.93. The zero-order valence-electron chi connectivity index (χ0n) is 12.2. The fourth-order valence-electron chi connectivity index (χ4n) is 1.81. The fourth-order valence-corrected chi connectivity index (χ4v) is 3.62. The Labute approximate surface area is 130 Å². The summed E-state index contributed by atoms with van der Waals surface area (Å²) in [5.41, 5.74) is 0.961. The van der Waals surface area contributed by atoms with Gasteiger partial charge in [0.25, 0.3) is 0 Å². The molecule has 1 aromatic carbocycles. The van der Waals surface area contributed by atoms with Crippen LogP contribution in [0.4, 0.5) is 0 Å². The first-order chi connectivity index (χ1) is 9.97. The molecule has 0 aliphatic rings. The number of rotatable bonds is 7. The first kappa shape index (κ1) is 16.2. The van der Waals surface area contributed by atoms with E-state index < -0.39 is 10.0 Å². The lowest BCUT2D eigenvalue weighted by Gasteiger charge is -2.10. The van der Waals surface area contributed by atoms with Gasteiger partial charge in [-0.2, -0.15) is 0 Å². The highest BCUT2D eigenvalue weighted by Crippen LogP contribution is 2.14. The van der Waals surface area contributed by atoms with Gasteiger partial charge in [-0.3, -0.25) is 0 Å². The zero-order chi connectivity index (χ0) is 15.3. The molecule has 0 unspecified atom stereocenters. The highest BCUT2D eigenvalue weighted by Gasteiger charge is 2.14. The molecule has 0 aliphatic heterocycles. The van der Waals surface area contributed by atoms with Gasteiger partial charge >= 0.3 is 0 Å². The minimum absolute atomic E-state index is 0.308. The van der Waals surface area contributed by atoms with Crippen molar-refractivity contribution in [3.8, 4) is 0 Å². The third-order valence-electron chi connectivity index (χ3n) is 2.94. The van der Waals surface area contributed by atoms with Crippen molar-refractivity contribution in [1.82, 2.24) is 10.0 Å². The third-order valence-corrected chi connectivity index (χ3v) is 5.22. The molecule has 0 bridgehead atoms. The molecule has 114 valence electrons. The summed E-state index contributed by atoms with van der Waals surface area (Å²) in [6, 6.07) is 11.2. The van der Waals surface area contributed by atoms with Crippen LogP contribution in [-0.4, -0.2) is 14.5 Å². The summed E-state index contributed by atoms with van der Waals surface area (Å²) in [7, 11) is -3.47. The SMILES string of the molecule is CC(C)NCc1cccc(S(=O)(=O)NCc2cccs2)c1. The van der Waals surface area contributed by atoms with Gasteiger partial charge in [-0.25, -0.2) is 13.1 Å². The van der Waals surface area contributed by atoms with Crippen LogP contribution < -0.4 is 10.0 Å². The first-order valence-electron chi connectivity index (χ1n) is 6.82. The molecule has 0 saturated carbocycles. The van der Waals surface area contributed by atoms with Crippen LogP contribution in [0.5, 0.6) is 0 Å². The molecule has 2 rings (SSSR count). The predicted octanol–water partition coefficient (Wildman–Crippen LogP) is 2.72. The lowest BCUT2D eigenvalue weighted by molar-refractivity contribution is 0.579. The second-order valence-corrected chi connectivity index (χ2v) is 7.89. The van der Waals surface area contributed by atoms with Crippen LogP contribution in [0.1, 0.15) is 24.3 Å². The standard InChI is InChI=1S/C15H20N2O2S2/c1-12(2)16-10-13-5-3-7-15(9-13)21(18,19)17-11-14-6-4-8-20-14/h3-9,12,16-17H,10-11H2,1-2H3. The smallest absolute Gasteiger partial charge is 0.240 e. The van der Waals surface area contributed by atoms with Gasteiger partial charge in [-0.05, 0) is 29.1 Å². The molecular formula is C15H20N2O2S2. The predicted molar refractivity (Wildman–Crippen MR) is 86.8 cm³/mol. The fraction of sp³-hybridized carbons (Fsp3) is 0.333. The summed E-state index contributed by atoms with van der Waals surface area (Å²) in [4.78, 5) is 1.30. The maximum atomic E-state index is 12.3. The van der Waals surface area contributed by atoms with E-state index in [9.17, 15) is 8.42 Å². The van der Waals surface area contributed by atoms with Gasteiger partial charge in [0.15, 0.2) is 0 Å². The molecule has 0 fully saturated rings. The quantitative estimate of drug-likeness (QED) is 0.823. The summed E-state index contributed by atoms with van der Waals surface area (Å²) in [6.45, 7) is 5.10. The number of nitrogens with one attached hydrogen (secondary N) is 2. The van der Waals surface area contributed by atoms with Crippen molar-refractivity contribution in [2.45, 2.75) is 37.9 Å². The van der Waals surface area contributed by atoms with Gasteiger partial charge < -0.3 is 5.32 Å². The van der Waals surface area contributed by atoms with E-state index in [1.54, 1.807) is 18.2 Å². The van der Waals surface area contributed by atoms with Crippen LogP contribution in [0.2, 0.25) is 0 Å². The Balaban J connectivity index is 2.06. The molecule has 0 amide bonds. The molecule has 6 heteroatoms. The van der Waals surface area contributed by atoms with Crippen LogP contribution in [0, 0.1) is 0 Å². The molecular weight excluding hydrogens is 304 g/mol. The Hall–Kier alpha value is -1.21. The summed E-state index contributed by atoms with van der Waals surface area (Å²) in [5.74, 6) is 0. The second-order valence-electron chi connectivity index (χ2n) is 5.09. The minimum Gasteiger partial charge on any atom is -0.310 e. The van der Waals surface area contributed by atoms with Crippen molar-refractivity contribution in [1.29, 1.82) is 0 Å². The average Bonchev–Trinajstić information content (AvgIpc) is 2.97. The molecule has 0 atom stereocenters. The molecule has 1 heterocycles. The van der Waals surface area contributed by atoms with Crippen LogP contribution in [0.25, 0.3) is 0 Å². The van der Waals surface area contributed by atoms with Crippen molar-refractivity contribution in [2.24, 2.45) is 0 Å². The summed E-state index contributed by atoms with van der Waals surface area (Å²) in [6.07, 6.45) is 0. The number of hydrogen-bond donors (Lipinski definition) is 2. The molecule has 1 aromatic heterocycles. The lowest BCUT2D eigenvalue weighted by Crippen LogP contribution is -2.24. The molecule has 2 N–H and O–H groups in total. The van der Waals surface area contributed by atoms with Crippen LogP contribution in [0.3, 0.4) is 0 Å². The Morgan fingerprint density at radius 3 is 2.62 bits per heavy atom. The van der Waals surface area contributed by atoms with E-state index in [0.717, 1.165) is 10.4 Å². The van der Waals surface area contributed by atoms with Crippen molar-refractivity contribution in [3.63, 3.8) is 0 Å². The normalized spacial score (nSPS) is 12.0. The topological polar surface area (TPSA) is 58.2 Å². The van der Waals surface area contributed by atoms with E-state index in [-0.39, 0.29) is 0 Å². The van der Waals surface area contributed by atoms with Gasteiger partial charge in [0.2, 0.25) is 10.0 Å². The number of benzene rings is 1. The molecule has 2 aromatic rings. The van der Waals surface area contributed by atoms with E-state index >= 15 is 0 Å². The zero-order valence-corrected chi connectivity index (χ0v) is 13.8. The van der Waals surface area contributed by atoms with Crippen molar-refractivity contribution >= 4 is 21.4 Å². The molecule has 0 spiro atoms. The van der Waals surface area contributed by atoms with Gasteiger partial charge in [0.05, 0.1) is 4.90 Å². The minimum atomic E-state index is -3.47. The van der Waals surface area contributed by atoms with Gasteiger partial charge in [0, 0.05) is 24.0 Å². The van der Waals surface area contributed by atoms with E-state index in [1.807, 2.05) is 23.6 Å². The number of hydrogen-bond acceptors (Lipinski definition) is 4. The van der Waals surface area contributed by atoms with Gasteiger partial charge in [-0.1, -0.05) is 32.0 Å². The summed E-state index contributed by atoms with van der Waals surface area (Å²) in [5, 5.41) is 5.21. The molecule has 0 saturated heterocycles. The highest BCUT2D eigenvalue weighted by atomic mass is 32.2. The second kappa shape index (κ2) is 7.17. The highest BCUT2D eigenvalue weighted by molar-refractivity contribution is 7.89. The maximum Gasteiger partial charge on any atom is 0.240 e. The van der Waals surface area contributed by atoms with E-state index in [4.69, 9.17) is 0 Å². The Morgan fingerprint density at radius 2 is 1.95 bits per heavy atom. The molecule has 0 aliphatic carbocycles. The van der Waals surface area contributed by atoms with E-state index in [1.165, 1.54) is 11.3 Å². The Morgan fingerprint density at radius 1 is 1.14 bits per heavy atom. The first-order valence-corrected chi connectivity index (χ1v) is 9.18. The monoisotopic (exact) mass is 324 g/mol. The van der Waals surface area contributed by atoms with Crippen molar-refractivity contribution in [3.05, 3.63) is 52.2 Å². The lowest BCUT2D eigenvalue weighted by atomic mass is 10.2. The summed E-state index contributed by atoms with van der Waals surface area (Å²) >= 11 is 1.54. The van der Waals surface area contributed by atoms with Crippen molar-refractivity contribution < 1.29 is 8.42 Å². The largest absolute Gasteiger partial charge is 0.310 e. The van der Waals surface area contributed by atoms with Crippen LogP contribution >= 0.6 is 11.3 Å². The van der Waals surface area contributed by atoms with Crippen molar-refractivity contribution in [2.75, 3.05) is 0 Å². The van der Waals surface area contributed by atoms with Crippen LogP contribution in [-0.2, 0) is 23.1 Å². The van der Waals surface area contributed by atoms with Crippen LogP contribution in [0.15, 0.2) is 46.7 Å². The molecule has 4 nitrogen and oxygen atoms in total.